The predicted octanol–water partition coefficient (Wildman–Crippen LogP) is 3.94. The van der Waals surface area contributed by atoms with E-state index in [1.54, 1.807) is 0 Å². The van der Waals surface area contributed by atoms with Crippen molar-refractivity contribution in [2.24, 2.45) is 0 Å². The van der Waals surface area contributed by atoms with E-state index >= 15 is 0 Å². The molecule has 2 fully saturated rings. The summed E-state index contributed by atoms with van der Waals surface area (Å²) in [5.41, 5.74) is 0. The fourth-order valence-corrected chi connectivity index (χ4v) is 8.64. The lowest BCUT2D eigenvalue weighted by molar-refractivity contribution is -0.890. The van der Waals surface area contributed by atoms with Gasteiger partial charge in [-0.25, -0.2) is 0 Å². The number of nitrogens with zero attached hydrogens (tertiary/aromatic N) is 1. The maximum atomic E-state index is 11.4. The molecule has 38 heavy (non-hydrogen) atoms. The van der Waals surface area contributed by atoms with Crippen LogP contribution < -0.4 is 5.11 Å². The molecule has 2 aliphatic rings. The summed E-state index contributed by atoms with van der Waals surface area (Å²) in [4.78, 5) is 11.4. The largest absolute Gasteiger partial charge is 0.547 e. The van der Waals surface area contributed by atoms with Gasteiger partial charge in [0.05, 0.1) is 39.8 Å². The van der Waals surface area contributed by atoms with Crippen LogP contribution in [-0.4, -0.2) is 87.7 Å². The molecule has 5 unspecified atom stereocenters. The lowest BCUT2D eigenvalue weighted by Gasteiger charge is -2.49. The van der Waals surface area contributed by atoms with Gasteiger partial charge in [-0.15, -0.1) is 0 Å². The summed E-state index contributed by atoms with van der Waals surface area (Å²) in [7, 11) is 1.17. The first kappa shape index (κ1) is 33.7. The number of aliphatic hydroxyl groups is 2. The van der Waals surface area contributed by atoms with Crippen LogP contribution in [0.15, 0.2) is 0 Å². The van der Waals surface area contributed by atoms with Gasteiger partial charge in [-0.3, -0.25) is 0 Å². The Labute approximate surface area is 233 Å². The van der Waals surface area contributed by atoms with E-state index in [1.165, 1.54) is 103 Å². The van der Waals surface area contributed by atoms with Crippen LogP contribution in [0.2, 0.25) is 6.04 Å². The van der Waals surface area contributed by atoms with Crippen LogP contribution >= 0.6 is 0 Å². The number of aliphatic carboxylic acids is 1. The molecule has 0 aromatic carbocycles. The van der Waals surface area contributed by atoms with Crippen molar-refractivity contribution in [2.75, 3.05) is 33.8 Å². The van der Waals surface area contributed by atoms with E-state index in [9.17, 15) is 20.1 Å². The molecule has 0 aliphatic carbocycles. The normalized spacial score (nSPS) is 27.5. The molecule has 2 rings (SSSR count). The fraction of sp³-hybridized carbons (Fsp3) is 0.966. The zero-order valence-electron chi connectivity index (χ0n) is 24.5. The van der Waals surface area contributed by atoms with Crippen molar-refractivity contribution >= 4 is 14.8 Å². The Morgan fingerprint density at radius 1 is 0.789 bits per heavy atom. The van der Waals surface area contributed by atoms with Crippen LogP contribution in [0.25, 0.3) is 0 Å². The molecule has 2 heterocycles. The molecule has 9 heteroatoms. The molecule has 0 saturated carbocycles. The molecule has 0 aromatic rings. The van der Waals surface area contributed by atoms with Crippen molar-refractivity contribution < 1.29 is 37.9 Å². The number of carbonyl (C=O) groups excluding carboxylic acids is 1. The van der Waals surface area contributed by atoms with Crippen molar-refractivity contribution in [3.63, 3.8) is 0 Å². The minimum absolute atomic E-state index is 0.00877. The Balaban J connectivity index is 1.48. The zero-order valence-corrected chi connectivity index (χ0v) is 25.5. The van der Waals surface area contributed by atoms with Crippen molar-refractivity contribution in [1.29, 1.82) is 0 Å². The topological polar surface area (TPSA) is 108 Å². The van der Waals surface area contributed by atoms with Crippen molar-refractivity contribution in [1.82, 2.24) is 0 Å². The SMILES string of the molecule is CCCCCCCCCCCCCCCCCC[N+](C)(C)CCC[Si]12OCC(O)C(O1)C(O)C(C(=O)[O-])O2. The molecule has 5 atom stereocenters. The van der Waals surface area contributed by atoms with Gasteiger partial charge < -0.3 is 37.9 Å². The molecule has 2 N–H and O–H groups in total. The summed E-state index contributed by atoms with van der Waals surface area (Å²) in [6.07, 6.45) is 17.6. The fourth-order valence-electron chi connectivity index (χ4n) is 5.72. The highest BCUT2D eigenvalue weighted by Crippen LogP contribution is 2.35. The first-order valence-electron chi connectivity index (χ1n) is 15.6. The van der Waals surface area contributed by atoms with Gasteiger partial charge >= 0.3 is 8.80 Å². The number of hydrogen-bond donors (Lipinski definition) is 2. The molecule has 0 aromatic heterocycles. The summed E-state index contributed by atoms with van der Waals surface area (Å²) in [6.45, 7) is 4.26. The Kier molecular flexibility index (Phi) is 15.9. The third-order valence-electron chi connectivity index (χ3n) is 8.22. The van der Waals surface area contributed by atoms with Crippen molar-refractivity contribution in [3.05, 3.63) is 0 Å². The van der Waals surface area contributed by atoms with E-state index in [1.807, 2.05) is 0 Å². The Hall–Kier alpha value is -0.553. The second kappa shape index (κ2) is 18.0. The monoisotopic (exact) mass is 559 g/mol. The third kappa shape index (κ3) is 12.3. The second-order valence-corrected chi connectivity index (χ2v) is 14.9. The van der Waals surface area contributed by atoms with Crippen LogP contribution in [0.5, 0.6) is 0 Å². The average molecular weight is 560 g/mol. The first-order chi connectivity index (χ1) is 18.2. The molecule has 0 spiro atoms. The Bertz CT molecular complexity index is 652. The maximum absolute atomic E-state index is 11.4. The highest BCUT2D eigenvalue weighted by molar-refractivity contribution is 6.61. The second-order valence-electron chi connectivity index (χ2n) is 12.3. The van der Waals surface area contributed by atoms with Gasteiger partial charge in [-0.1, -0.05) is 96.8 Å². The molecule has 224 valence electrons. The summed E-state index contributed by atoms with van der Waals surface area (Å²) < 4.78 is 18.1. The minimum atomic E-state index is -3.27. The van der Waals surface area contributed by atoms with Crippen LogP contribution in [0.3, 0.4) is 0 Å². The standard InChI is InChI=1S/C29H57NO7Si/c1-4-5-6-7-8-9-10-11-12-13-14-15-16-17-18-19-21-30(2,3)22-20-23-38-35-24-25(31)27(36-38)26(32)28(37-38)29(33)34/h25-28,31-32H,4-24H2,1-3H3. The minimum Gasteiger partial charge on any atom is -0.547 e. The maximum Gasteiger partial charge on any atom is 0.502 e. The number of rotatable bonds is 22. The first-order valence-corrected chi connectivity index (χ1v) is 17.5. The number of carboxylic acid groups (broad SMARTS) is 1. The van der Waals surface area contributed by atoms with E-state index in [2.05, 4.69) is 21.0 Å². The van der Waals surface area contributed by atoms with Gasteiger partial charge in [-0.2, -0.15) is 0 Å². The lowest BCUT2D eigenvalue weighted by atomic mass is 10.0. The van der Waals surface area contributed by atoms with Crippen LogP contribution in [0, 0.1) is 0 Å². The van der Waals surface area contributed by atoms with Crippen LogP contribution in [0.4, 0.5) is 0 Å². The number of carboxylic acids is 1. The average Bonchev–Trinajstić information content (AvgIpc) is 2.87. The van der Waals surface area contributed by atoms with E-state index < -0.39 is 39.2 Å². The van der Waals surface area contributed by atoms with Gasteiger partial charge in [0.2, 0.25) is 0 Å². The quantitative estimate of drug-likeness (QED) is 0.117. The predicted molar refractivity (Wildman–Crippen MR) is 149 cm³/mol. The molecule has 8 nitrogen and oxygen atoms in total. The van der Waals surface area contributed by atoms with Gasteiger partial charge in [0.1, 0.15) is 24.4 Å². The zero-order chi connectivity index (χ0) is 27.9. The molecule has 2 bridgehead atoms. The molecule has 0 radical (unpaired) electrons. The smallest absolute Gasteiger partial charge is 0.502 e. The van der Waals surface area contributed by atoms with Crippen molar-refractivity contribution in [2.45, 2.75) is 147 Å². The number of fused-ring (bicyclic) bond motifs is 2. The summed E-state index contributed by atoms with van der Waals surface area (Å²) in [5.74, 6) is -1.50. The summed E-state index contributed by atoms with van der Waals surface area (Å²) >= 11 is 0. The number of quaternary nitrogens is 1. The summed E-state index contributed by atoms with van der Waals surface area (Å²) in [5, 5.41) is 31.7. The number of aliphatic hydroxyl groups excluding tert-OH is 2. The molecular formula is C29H57NO7Si. The van der Waals surface area contributed by atoms with E-state index in [-0.39, 0.29) is 6.61 Å². The molecule has 0 amide bonds. The molecule has 2 saturated heterocycles. The lowest BCUT2D eigenvalue weighted by Crippen LogP contribution is -2.71. The highest BCUT2D eigenvalue weighted by Gasteiger charge is 2.58. The van der Waals surface area contributed by atoms with Gasteiger partial charge in [0, 0.05) is 12.5 Å². The Morgan fingerprint density at radius 2 is 1.26 bits per heavy atom. The van der Waals surface area contributed by atoms with Crippen LogP contribution in [0.1, 0.15) is 116 Å². The summed E-state index contributed by atoms with van der Waals surface area (Å²) in [6, 6.07) is 0.466. The number of carbonyl (C=O) groups is 1. The molecular weight excluding hydrogens is 502 g/mol. The van der Waals surface area contributed by atoms with Gasteiger partial charge in [0.15, 0.2) is 0 Å². The van der Waals surface area contributed by atoms with E-state index in [0.29, 0.717) is 6.04 Å². The number of hydrogen-bond acceptors (Lipinski definition) is 7. The highest BCUT2D eigenvalue weighted by atomic mass is 28.4. The molecule has 2 aliphatic heterocycles. The van der Waals surface area contributed by atoms with E-state index in [0.717, 1.165) is 24.0 Å². The Morgan fingerprint density at radius 3 is 1.76 bits per heavy atom. The third-order valence-corrected chi connectivity index (χ3v) is 11.0. The van der Waals surface area contributed by atoms with Gasteiger partial charge in [0.25, 0.3) is 0 Å². The van der Waals surface area contributed by atoms with E-state index in [4.69, 9.17) is 13.3 Å². The van der Waals surface area contributed by atoms with Crippen LogP contribution in [-0.2, 0) is 18.1 Å². The van der Waals surface area contributed by atoms with Gasteiger partial charge in [-0.05, 0) is 12.8 Å². The van der Waals surface area contributed by atoms with Crippen molar-refractivity contribution in [3.8, 4) is 0 Å². The number of unbranched alkanes of at least 4 members (excludes halogenated alkanes) is 15.